The molecule has 1 aliphatic carbocycles. The highest BCUT2D eigenvalue weighted by Crippen LogP contribution is 2.28. The Bertz CT molecular complexity index is 476. The highest BCUT2D eigenvalue weighted by Gasteiger charge is 2.32. The largest absolute Gasteiger partial charge is 0.388 e. The molecule has 0 heterocycles. The van der Waals surface area contributed by atoms with Crippen LogP contribution < -0.4 is 5.32 Å². The average Bonchev–Trinajstić information content (AvgIpc) is 2.73. The Morgan fingerprint density at radius 1 is 1.21 bits per heavy atom. The molecule has 0 unspecified atom stereocenters. The summed E-state index contributed by atoms with van der Waals surface area (Å²) in [6, 6.07) is 0.893. The predicted octanol–water partition coefficient (Wildman–Crippen LogP) is 2.14. The van der Waals surface area contributed by atoms with Crippen molar-refractivity contribution in [1.29, 1.82) is 0 Å². The first-order valence-corrected chi connectivity index (χ1v) is 6.06. The van der Waals surface area contributed by atoms with E-state index in [9.17, 15) is 23.1 Å². The molecule has 2 N–H and O–H groups in total. The van der Waals surface area contributed by atoms with Crippen molar-refractivity contribution in [3.05, 3.63) is 35.1 Å². The Hall–Kier alpha value is -1.56. The van der Waals surface area contributed by atoms with Gasteiger partial charge in [-0.25, -0.2) is 13.2 Å². The second-order valence-corrected chi connectivity index (χ2v) is 4.86. The van der Waals surface area contributed by atoms with E-state index >= 15 is 0 Å². The maximum Gasteiger partial charge on any atom is 0.257 e. The number of hydrogen-bond acceptors (Lipinski definition) is 2. The molecule has 1 fully saturated rings. The first-order valence-electron chi connectivity index (χ1n) is 6.06. The molecular weight excluding hydrogens is 259 g/mol. The van der Waals surface area contributed by atoms with E-state index in [1.807, 2.05) is 0 Å². The van der Waals surface area contributed by atoms with Crippen molar-refractivity contribution < 1.29 is 23.1 Å². The van der Waals surface area contributed by atoms with E-state index in [2.05, 4.69) is 5.32 Å². The summed E-state index contributed by atoms with van der Waals surface area (Å²) in [6.45, 7) is -0.0674. The maximum absolute atomic E-state index is 13.4. The van der Waals surface area contributed by atoms with Crippen LogP contribution in [0.2, 0.25) is 0 Å². The van der Waals surface area contributed by atoms with E-state index in [1.54, 1.807) is 0 Å². The average molecular weight is 273 g/mol. The van der Waals surface area contributed by atoms with Gasteiger partial charge in [0.2, 0.25) is 0 Å². The molecule has 3 nitrogen and oxygen atoms in total. The van der Waals surface area contributed by atoms with Gasteiger partial charge in [-0.1, -0.05) is 12.8 Å². The normalized spacial score (nSPS) is 17.5. The summed E-state index contributed by atoms with van der Waals surface area (Å²) in [7, 11) is 0. The molecule has 1 saturated carbocycles. The summed E-state index contributed by atoms with van der Waals surface area (Å²) in [4.78, 5) is 11.7. The standard InChI is InChI=1S/C13H14F3NO2/c14-8-5-9(15)11(10(16)6-8)12(18)17-7-13(19)3-1-2-4-13/h5-6,19H,1-4,7H2,(H,17,18). The number of halogens is 3. The lowest BCUT2D eigenvalue weighted by Gasteiger charge is -2.22. The second kappa shape index (κ2) is 5.21. The molecule has 1 aromatic carbocycles. The lowest BCUT2D eigenvalue weighted by Crippen LogP contribution is -2.41. The third kappa shape index (κ3) is 3.07. The Balaban J connectivity index is 2.08. The molecule has 0 aliphatic heterocycles. The van der Waals surface area contributed by atoms with Crippen molar-refractivity contribution in [3.63, 3.8) is 0 Å². The topological polar surface area (TPSA) is 49.3 Å². The zero-order valence-electron chi connectivity index (χ0n) is 10.2. The van der Waals surface area contributed by atoms with Crippen LogP contribution in [0.4, 0.5) is 13.2 Å². The molecule has 0 saturated heterocycles. The third-order valence-electron chi connectivity index (χ3n) is 3.35. The van der Waals surface area contributed by atoms with E-state index in [4.69, 9.17) is 0 Å². The van der Waals surface area contributed by atoms with Gasteiger partial charge < -0.3 is 10.4 Å². The summed E-state index contributed by atoms with van der Waals surface area (Å²) in [6.07, 6.45) is 2.79. The fourth-order valence-electron chi connectivity index (χ4n) is 2.30. The number of amides is 1. The molecule has 1 amide bonds. The molecule has 0 bridgehead atoms. The van der Waals surface area contributed by atoms with E-state index in [-0.39, 0.29) is 6.54 Å². The van der Waals surface area contributed by atoms with Gasteiger partial charge in [0, 0.05) is 18.7 Å². The SMILES string of the molecule is O=C(NCC1(O)CCCC1)c1c(F)cc(F)cc1F. The summed E-state index contributed by atoms with van der Waals surface area (Å²) >= 11 is 0. The summed E-state index contributed by atoms with van der Waals surface area (Å²) < 4.78 is 39.4. The Kier molecular flexibility index (Phi) is 3.80. The van der Waals surface area contributed by atoms with Crippen molar-refractivity contribution in [3.8, 4) is 0 Å². The predicted molar refractivity (Wildman–Crippen MR) is 62.1 cm³/mol. The molecule has 6 heteroatoms. The summed E-state index contributed by atoms with van der Waals surface area (Å²) in [5.41, 5.74) is -1.84. The highest BCUT2D eigenvalue weighted by atomic mass is 19.1. The molecule has 0 aromatic heterocycles. The molecule has 19 heavy (non-hydrogen) atoms. The quantitative estimate of drug-likeness (QED) is 0.886. The van der Waals surface area contributed by atoms with Crippen molar-refractivity contribution in [2.75, 3.05) is 6.54 Å². The third-order valence-corrected chi connectivity index (χ3v) is 3.35. The Morgan fingerprint density at radius 2 is 1.74 bits per heavy atom. The van der Waals surface area contributed by atoms with Crippen molar-refractivity contribution in [1.82, 2.24) is 5.32 Å². The van der Waals surface area contributed by atoms with Crippen LogP contribution in [0.5, 0.6) is 0 Å². The lowest BCUT2D eigenvalue weighted by atomic mass is 10.0. The first-order chi connectivity index (χ1) is 8.91. The summed E-state index contributed by atoms with van der Waals surface area (Å²) in [5.74, 6) is -4.59. The molecule has 104 valence electrons. The number of rotatable bonds is 3. The second-order valence-electron chi connectivity index (χ2n) is 4.86. The summed E-state index contributed by atoms with van der Waals surface area (Å²) in [5, 5.41) is 12.3. The van der Waals surface area contributed by atoms with Crippen molar-refractivity contribution >= 4 is 5.91 Å². The minimum atomic E-state index is -1.26. The molecule has 0 atom stereocenters. The van der Waals surface area contributed by atoms with Gasteiger partial charge in [-0.15, -0.1) is 0 Å². The lowest BCUT2D eigenvalue weighted by molar-refractivity contribution is 0.0447. The van der Waals surface area contributed by atoms with Crippen LogP contribution in [0.15, 0.2) is 12.1 Å². The fourth-order valence-corrected chi connectivity index (χ4v) is 2.30. The molecule has 0 spiro atoms. The van der Waals surface area contributed by atoms with Crippen LogP contribution in [0.1, 0.15) is 36.0 Å². The van der Waals surface area contributed by atoms with Gasteiger partial charge in [-0.2, -0.15) is 0 Å². The zero-order chi connectivity index (χ0) is 14.0. The van der Waals surface area contributed by atoms with Crippen LogP contribution >= 0.6 is 0 Å². The van der Waals surface area contributed by atoms with Crippen LogP contribution in [0.3, 0.4) is 0 Å². The number of carbonyl (C=O) groups excluding carboxylic acids is 1. The minimum Gasteiger partial charge on any atom is -0.388 e. The van der Waals surface area contributed by atoms with Crippen molar-refractivity contribution in [2.24, 2.45) is 0 Å². The minimum absolute atomic E-state index is 0.0674. The van der Waals surface area contributed by atoms with Crippen LogP contribution in [-0.2, 0) is 0 Å². The number of nitrogens with one attached hydrogen (secondary N) is 1. The molecule has 1 aromatic rings. The molecule has 1 aliphatic rings. The van der Waals surface area contributed by atoms with Gasteiger partial charge in [-0.05, 0) is 12.8 Å². The van der Waals surface area contributed by atoms with Gasteiger partial charge in [0.1, 0.15) is 23.0 Å². The van der Waals surface area contributed by atoms with E-state index in [1.165, 1.54) is 0 Å². The van der Waals surface area contributed by atoms with Gasteiger partial charge in [0.25, 0.3) is 5.91 Å². The van der Waals surface area contributed by atoms with Gasteiger partial charge in [0.15, 0.2) is 0 Å². The Morgan fingerprint density at radius 3 is 2.26 bits per heavy atom. The number of hydrogen-bond donors (Lipinski definition) is 2. The fraction of sp³-hybridized carbons (Fsp3) is 0.462. The van der Waals surface area contributed by atoms with E-state index in [0.717, 1.165) is 12.8 Å². The first kappa shape index (κ1) is 13.9. The van der Waals surface area contributed by atoms with Crippen LogP contribution in [0.25, 0.3) is 0 Å². The number of benzene rings is 1. The monoisotopic (exact) mass is 273 g/mol. The van der Waals surface area contributed by atoms with Gasteiger partial charge in [-0.3, -0.25) is 4.79 Å². The van der Waals surface area contributed by atoms with E-state index in [0.29, 0.717) is 25.0 Å². The van der Waals surface area contributed by atoms with Gasteiger partial charge >= 0.3 is 0 Å². The number of aliphatic hydroxyl groups is 1. The highest BCUT2D eigenvalue weighted by molar-refractivity contribution is 5.94. The van der Waals surface area contributed by atoms with Crippen LogP contribution in [-0.4, -0.2) is 23.2 Å². The maximum atomic E-state index is 13.4. The van der Waals surface area contributed by atoms with Gasteiger partial charge in [0.05, 0.1) is 5.60 Å². The number of carbonyl (C=O) groups is 1. The molecule has 0 radical (unpaired) electrons. The Labute approximate surface area is 108 Å². The van der Waals surface area contributed by atoms with Crippen LogP contribution in [0, 0.1) is 17.5 Å². The molecule has 2 rings (SSSR count). The van der Waals surface area contributed by atoms with Crippen molar-refractivity contribution in [2.45, 2.75) is 31.3 Å². The van der Waals surface area contributed by atoms with E-state index < -0.39 is 34.5 Å². The smallest absolute Gasteiger partial charge is 0.257 e. The molecular formula is C13H14F3NO2. The zero-order valence-corrected chi connectivity index (χ0v) is 10.2.